The van der Waals surface area contributed by atoms with E-state index in [1.54, 1.807) is 24.3 Å². The minimum Gasteiger partial charge on any atom is -0.508 e. The van der Waals surface area contributed by atoms with Crippen LogP contribution in [0.4, 0.5) is 4.79 Å². The van der Waals surface area contributed by atoms with Gasteiger partial charge in [-0.05, 0) is 47.7 Å². The van der Waals surface area contributed by atoms with Crippen molar-refractivity contribution in [2.75, 3.05) is 19.0 Å². The molecule has 28 heavy (non-hydrogen) atoms. The Morgan fingerprint density at radius 3 is 1.96 bits per heavy atom. The van der Waals surface area contributed by atoms with Gasteiger partial charge in [0.1, 0.15) is 11.5 Å². The number of rotatable bonds is 9. The highest BCUT2D eigenvalue weighted by Gasteiger charge is 2.25. The van der Waals surface area contributed by atoms with Gasteiger partial charge in [0.15, 0.2) is 0 Å². The number of benzene rings is 2. The lowest BCUT2D eigenvalue weighted by Gasteiger charge is -2.28. The molecule has 0 spiro atoms. The van der Waals surface area contributed by atoms with Crippen molar-refractivity contribution in [3.8, 4) is 11.5 Å². The van der Waals surface area contributed by atoms with Crippen molar-refractivity contribution in [2.45, 2.75) is 25.2 Å². The third-order valence-electron chi connectivity index (χ3n) is 4.67. The highest BCUT2D eigenvalue weighted by Crippen LogP contribution is 2.36. The van der Waals surface area contributed by atoms with Crippen LogP contribution in [0.2, 0.25) is 0 Å². The predicted octanol–water partition coefficient (Wildman–Crippen LogP) is 4.31. The molecule has 0 saturated heterocycles. The van der Waals surface area contributed by atoms with Crippen LogP contribution in [-0.4, -0.2) is 40.2 Å². The molecule has 2 rings (SSSR count). The molecule has 0 aliphatic rings. The van der Waals surface area contributed by atoms with Crippen LogP contribution in [0.15, 0.2) is 53.8 Å². The zero-order valence-corrected chi connectivity index (χ0v) is 16.3. The molecule has 0 bridgehead atoms. The molecule has 0 aliphatic carbocycles. The van der Waals surface area contributed by atoms with Crippen molar-refractivity contribution >= 4 is 17.6 Å². The van der Waals surface area contributed by atoms with Crippen molar-refractivity contribution in [3.63, 3.8) is 0 Å². The number of phenolic OH excluding ortho intramolecular Hbond substituents is 2. The Bertz CT molecular complexity index is 768. The summed E-state index contributed by atoms with van der Waals surface area (Å²) in [5.41, 5.74) is 1.94. The van der Waals surface area contributed by atoms with Gasteiger partial charge in [0.25, 0.3) is 0 Å². The second-order valence-electron chi connectivity index (χ2n) is 6.38. The van der Waals surface area contributed by atoms with Gasteiger partial charge in [-0.1, -0.05) is 31.2 Å². The van der Waals surface area contributed by atoms with E-state index in [1.165, 1.54) is 0 Å². The lowest BCUT2D eigenvalue weighted by molar-refractivity contribution is 0.201. The van der Waals surface area contributed by atoms with Gasteiger partial charge in [0.05, 0.1) is 11.8 Å². The van der Waals surface area contributed by atoms with E-state index in [0.29, 0.717) is 0 Å². The predicted molar refractivity (Wildman–Crippen MR) is 109 cm³/mol. The van der Waals surface area contributed by atoms with Gasteiger partial charge in [-0.2, -0.15) is 5.01 Å². The summed E-state index contributed by atoms with van der Waals surface area (Å²) in [6.07, 6.45) is 0.781. The second kappa shape index (κ2) is 10.5. The number of hydrogen-bond donors (Lipinski definition) is 3. The standard InChI is InChI=1S/C20H24ClN3O4/c1-2-18(14-3-7-16(25)8-4-14)19(15-5-9-17(26)10-6-15)13-22-20(27)24(23-28)12-11-21/h3-10,18-19,25-26H,2,11-13H2,1H3,(H,22,27). The number of carbonyl (C=O) groups is 1. The van der Waals surface area contributed by atoms with E-state index in [4.69, 9.17) is 11.6 Å². The van der Waals surface area contributed by atoms with E-state index in [0.717, 1.165) is 22.6 Å². The summed E-state index contributed by atoms with van der Waals surface area (Å²) >= 11 is 5.59. The first-order chi connectivity index (χ1) is 13.5. The van der Waals surface area contributed by atoms with Gasteiger partial charge in [0, 0.05) is 18.3 Å². The molecular formula is C20H24ClN3O4. The van der Waals surface area contributed by atoms with Crippen LogP contribution >= 0.6 is 11.6 Å². The van der Waals surface area contributed by atoms with Crippen molar-refractivity contribution in [1.82, 2.24) is 10.3 Å². The Kier molecular flexibility index (Phi) is 8.07. The Hall–Kier alpha value is -2.80. The lowest BCUT2D eigenvalue weighted by atomic mass is 9.79. The van der Waals surface area contributed by atoms with Crippen LogP contribution in [0.25, 0.3) is 0 Å². The molecule has 0 aromatic heterocycles. The molecule has 0 radical (unpaired) electrons. The quantitative estimate of drug-likeness (QED) is 0.328. The van der Waals surface area contributed by atoms with E-state index in [2.05, 4.69) is 10.6 Å². The number of urea groups is 1. The van der Waals surface area contributed by atoms with Crippen LogP contribution in [0.5, 0.6) is 11.5 Å². The molecule has 0 heterocycles. The molecule has 2 aromatic carbocycles. The summed E-state index contributed by atoms with van der Waals surface area (Å²) < 4.78 is 0. The Balaban J connectivity index is 2.28. The molecule has 0 saturated carbocycles. The average molecular weight is 406 g/mol. The minimum absolute atomic E-state index is 0.0237. The smallest absolute Gasteiger partial charge is 0.340 e. The summed E-state index contributed by atoms with van der Waals surface area (Å²) in [5, 5.41) is 25.4. The highest BCUT2D eigenvalue weighted by molar-refractivity contribution is 6.18. The van der Waals surface area contributed by atoms with Crippen molar-refractivity contribution in [2.24, 2.45) is 5.29 Å². The number of amides is 2. The first-order valence-electron chi connectivity index (χ1n) is 9.02. The topological polar surface area (TPSA) is 102 Å². The summed E-state index contributed by atoms with van der Waals surface area (Å²) in [4.78, 5) is 23.1. The number of carbonyl (C=O) groups excluding carboxylic acids is 1. The monoisotopic (exact) mass is 405 g/mol. The fourth-order valence-corrected chi connectivity index (χ4v) is 3.40. The number of nitrogens with zero attached hydrogens (tertiary/aromatic N) is 2. The SMILES string of the molecule is CCC(c1ccc(O)cc1)C(CNC(=O)N(CCCl)N=O)c1ccc(O)cc1. The Morgan fingerprint density at radius 1 is 1.04 bits per heavy atom. The summed E-state index contributed by atoms with van der Waals surface area (Å²) in [6, 6.07) is 13.2. The first-order valence-corrected chi connectivity index (χ1v) is 9.56. The number of hydrogen-bond acceptors (Lipinski definition) is 5. The van der Waals surface area contributed by atoms with Gasteiger partial charge in [-0.15, -0.1) is 16.5 Å². The molecule has 0 aliphatic heterocycles. The maximum absolute atomic E-state index is 12.2. The van der Waals surface area contributed by atoms with Crippen LogP contribution in [0.3, 0.4) is 0 Å². The number of aromatic hydroxyl groups is 2. The number of halogens is 1. The van der Waals surface area contributed by atoms with Gasteiger partial charge in [-0.25, -0.2) is 4.79 Å². The fourth-order valence-electron chi connectivity index (χ4n) is 3.24. The second-order valence-corrected chi connectivity index (χ2v) is 6.76. The molecule has 2 aromatic rings. The zero-order chi connectivity index (χ0) is 20.5. The van der Waals surface area contributed by atoms with Crippen LogP contribution in [0.1, 0.15) is 36.3 Å². The molecule has 3 N–H and O–H groups in total. The third kappa shape index (κ3) is 5.60. The molecular weight excluding hydrogens is 382 g/mol. The van der Waals surface area contributed by atoms with Crippen molar-refractivity contribution < 1.29 is 15.0 Å². The fraction of sp³-hybridized carbons (Fsp3) is 0.350. The largest absolute Gasteiger partial charge is 0.508 e. The van der Waals surface area contributed by atoms with E-state index in [-0.39, 0.29) is 42.3 Å². The third-order valence-corrected chi connectivity index (χ3v) is 4.84. The molecule has 2 atom stereocenters. The molecule has 2 amide bonds. The molecule has 8 heteroatoms. The first kappa shape index (κ1) is 21.5. The molecule has 150 valence electrons. The summed E-state index contributed by atoms with van der Waals surface area (Å²) in [5.74, 6) is 0.357. The highest BCUT2D eigenvalue weighted by atomic mass is 35.5. The van der Waals surface area contributed by atoms with Gasteiger partial charge in [0.2, 0.25) is 0 Å². The summed E-state index contributed by atoms with van der Waals surface area (Å²) in [7, 11) is 0. The Morgan fingerprint density at radius 2 is 1.54 bits per heavy atom. The van der Waals surface area contributed by atoms with Gasteiger partial charge >= 0.3 is 6.03 Å². The average Bonchev–Trinajstić information content (AvgIpc) is 2.71. The summed E-state index contributed by atoms with van der Waals surface area (Å²) in [6.45, 7) is 2.33. The van der Waals surface area contributed by atoms with E-state index in [9.17, 15) is 19.9 Å². The number of phenols is 2. The van der Waals surface area contributed by atoms with Crippen molar-refractivity contribution in [1.29, 1.82) is 0 Å². The molecule has 7 nitrogen and oxygen atoms in total. The minimum atomic E-state index is -0.611. The van der Waals surface area contributed by atoms with E-state index < -0.39 is 6.03 Å². The van der Waals surface area contributed by atoms with Gasteiger partial charge in [-0.3, -0.25) is 0 Å². The molecule has 0 fully saturated rings. The maximum atomic E-state index is 12.2. The normalized spacial score (nSPS) is 12.8. The van der Waals surface area contributed by atoms with E-state index in [1.807, 2.05) is 31.2 Å². The van der Waals surface area contributed by atoms with Crippen molar-refractivity contribution in [3.05, 3.63) is 64.6 Å². The lowest BCUT2D eigenvalue weighted by Crippen LogP contribution is -2.40. The maximum Gasteiger partial charge on any atom is 0.340 e. The van der Waals surface area contributed by atoms with E-state index >= 15 is 0 Å². The number of nitroso groups, excluding NO2 is 1. The molecule has 2 unspecified atom stereocenters. The van der Waals surface area contributed by atoms with Crippen LogP contribution in [-0.2, 0) is 0 Å². The van der Waals surface area contributed by atoms with Crippen LogP contribution < -0.4 is 5.32 Å². The number of alkyl halides is 1. The number of nitrogens with one attached hydrogen (secondary N) is 1. The van der Waals surface area contributed by atoms with Crippen LogP contribution in [0, 0.1) is 4.91 Å². The zero-order valence-electron chi connectivity index (χ0n) is 15.6. The Labute approximate surface area is 168 Å². The van der Waals surface area contributed by atoms with Gasteiger partial charge < -0.3 is 15.5 Å².